The highest BCUT2D eigenvalue weighted by Gasteiger charge is 2.15. The Morgan fingerprint density at radius 3 is 2.92 bits per heavy atom. The third kappa shape index (κ3) is 4.58. The van der Waals surface area contributed by atoms with Gasteiger partial charge in [-0.1, -0.05) is 24.3 Å². The van der Waals surface area contributed by atoms with Crippen molar-refractivity contribution >= 4 is 6.03 Å². The van der Waals surface area contributed by atoms with Crippen molar-refractivity contribution in [3.05, 3.63) is 53.9 Å². The van der Waals surface area contributed by atoms with Crippen molar-refractivity contribution in [2.24, 2.45) is 0 Å². The van der Waals surface area contributed by atoms with E-state index < -0.39 is 0 Å². The normalized spacial score (nSPS) is 15.5. The molecule has 1 aromatic carbocycles. The molecule has 24 heavy (non-hydrogen) atoms. The zero-order valence-corrected chi connectivity index (χ0v) is 14.1. The second kappa shape index (κ2) is 7.97. The zero-order chi connectivity index (χ0) is 16.8. The van der Waals surface area contributed by atoms with Gasteiger partial charge in [0.25, 0.3) is 0 Å². The number of nitrogens with one attached hydrogen (secondary N) is 2. The van der Waals surface area contributed by atoms with Gasteiger partial charge in [-0.3, -0.25) is 9.58 Å². The van der Waals surface area contributed by atoms with Crippen LogP contribution < -0.4 is 10.6 Å². The van der Waals surface area contributed by atoms with Crippen molar-refractivity contribution < 1.29 is 4.79 Å². The van der Waals surface area contributed by atoms with E-state index in [1.54, 1.807) is 6.20 Å². The zero-order valence-electron chi connectivity index (χ0n) is 14.1. The molecule has 6 heteroatoms. The molecule has 2 N–H and O–H groups in total. The predicted octanol–water partition coefficient (Wildman–Crippen LogP) is 1.63. The second-order valence-corrected chi connectivity index (χ2v) is 6.32. The van der Waals surface area contributed by atoms with Gasteiger partial charge in [-0.25, -0.2) is 4.79 Å². The fourth-order valence-corrected chi connectivity index (χ4v) is 3.08. The number of urea groups is 1. The van der Waals surface area contributed by atoms with E-state index in [1.807, 2.05) is 23.9 Å². The van der Waals surface area contributed by atoms with E-state index in [4.69, 9.17) is 0 Å². The number of hydrogen-bond acceptors (Lipinski definition) is 3. The van der Waals surface area contributed by atoms with Crippen molar-refractivity contribution in [1.82, 2.24) is 25.3 Å². The fourth-order valence-electron chi connectivity index (χ4n) is 3.08. The monoisotopic (exact) mass is 327 g/mol. The van der Waals surface area contributed by atoms with Gasteiger partial charge in [0.1, 0.15) is 0 Å². The van der Waals surface area contributed by atoms with Gasteiger partial charge in [0.15, 0.2) is 0 Å². The Balaban J connectivity index is 1.35. The van der Waals surface area contributed by atoms with Crippen molar-refractivity contribution in [3.63, 3.8) is 0 Å². The molecule has 128 valence electrons. The number of aromatic nitrogens is 2. The second-order valence-electron chi connectivity index (χ2n) is 6.32. The van der Waals surface area contributed by atoms with Gasteiger partial charge in [0, 0.05) is 44.6 Å². The summed E-state index contributed by atoms with van der Waals surface area (Å²) in [4.78, 5) is 14.3. The van der Waals surface area contributed by atoms with Gasteiger partial charge in [0.05, 0.1) is 6.54 Å². The van der Waals surface area contributed by atoms with E-state index in [0.29, 0.717) is 13.1 Å². The maximum Gasteiger partial charge on any atom is 0.315 e. The highest BCUT2D eigenvalue weighted by atomic mass is 16.2. The number of fused-ring (bicyclic) bond motifs is 1. The average molecular weight is 327 g/mol. The van der Waals surface area contributed by atoms with E-state index in [-0.39, 0.29) is 12.1 Å². The Kier molecular flexibility index (Phi) is 5.48. The molecule has 6 nitrogen and oxygen atoms in total. The molecule has 0 saturated carbocycles. The molecular weight excluding hydrogens is 302 g/mol. The number of hydrogen-bond donors (Lipinski definition) is 2. The maximum atomic E-state index is 12.0. The standard InChI is InChI=1S/C18H25N5O/c1-15(13-23-10-4-8-20-23)21-18(24)19-9-12-22-11-7-16-5-2-3-6-17(16)14-22/h2-6,8,10,15H,7,9,11-14H2,1H3,(H2,19,21,24)/t15-/m0/s1. The van der Waals surface area contributed by atoms with Gasteiger partial charge < -0.3 is 10.6 Å². The molecule has 1 atom stereocenters. The van der Waals surface area contributed by atoms with Crippen LogP contribution in [-0.2, 0) is 19.5 Å². The van der Waals surface area contributed by atoms with Crippen molar-refractivity contribution in [1.29, 1.82) is 0 Å². The molecule has 0 spiro atoms. The Labute approximate surface area is 142 Å². The SMILES string of the molecule is C[C@@H](Cn1cccn1)NC(=O)NCCN1CCc2ccccc2C1. The number of amides is 2. The number of carbonyl (C=O) groups is 1. The largest absolute Gasteiger partial charge is 0.337 e. The van der Waals surface area contributed by atoms with Crippen molar-refractivity contribution in [3.8, 4) is 0 Å². The van der Waals surface area contributed by atoms with Crippen molar-refractivity contribution in [2.45, 2.75) is 32.5 Å². The first-order chi connectivity index (χ1) is 11.7. The molecule has 0 bridgehead atoms. The predicted molar refractivity (Wildman–Crippen MR) is 93.6 cm³/mol. The van der Waals surface area contributed by atoms with Crippen LogP contribution >= 0.6 is 0 Å². The van der Waals surface area contributed by atoms with Gasteiger partial charge in [-0.05, 0) is 30.5 Å². The Hall–Kier alpha value is -2.34. The average Bonchev–Trinajstić information content (AvgIpc) is 3.07. The molecule has 1 aliphatic heterocycles. The maximum absolute atomic E-state index is 12.0. The molecule has 1 aliphatic rings. The van der Waals surface area contributed by atoms with Gasteiger partial charge >= 0.3 is 6.03 Å². The molecule has 1 aromatic heterocycles. The molecule has 0 aliphatic carbocycles. The third-order valence-electron chi connectivity index (χ3n) is 4.32. The summed E-state index contributed by atoms with van der Waals surface area (Å²) in [5, 5.41) is 10.0. The number of benzene rings is 1. The number of rotatable bonds is 6. The van der Waals surface area contributed by atoms with E-state index in [2.05, 4.69) is 44.9 Å². The van der Waals surface area contributed by atoms with E-state index >= 15 is 0 Å². The molecular formula is C18H25N5O. The first kappa shape index (κ1) is 16.5. The van der Waals surface area contributed by atoms with Gasteiger partial charge in [-0.2, -0.15) is 5.10 Å². The minimum atomic E-state index is -0.118. The lowest BCUT2D eigenvalue weighted by Gasteiger charge is -2.28. The van der Waals surface area contributed by atoms with Crippen LogP contribution in [0.15, 0.2) is 42.7 Å². The topological polar surface area (TPSA) is 62.2 Å². The molecule has 2 aromatic rings. The molecule has 0 saturated heterocycles. The lowest BCUT2D eigenvalue weighted by Crippen LogP contribution is -2.45. The minimum Gasteiger partial charge on any atom is -0.337 e. The summed E-state index contributed by atoms with van der Waals surface area (Å²) in [5.74, 6) is 0. The van der Waals surface area contributed by atoms with Gasteiger partial charge in [-0.15, -0.1) is 0 Å². The summed E-state index contributed by atoms with van der Waals surface area (Å²) in [6.07, 6.45) is 4.72. The number of nitrogens with zero attached hydrogens (tertiary/aromatic N) is 3. The third-order valence-corrected chi connectivity index (χ3v) is 4.32. The summed E-state index contributed by atoms with van der Waals surface area (Å²) in [6.45, 7) is 6.19. The summed E-state index contributed by atoms with van der Waals surface area (Å²) in [6, 6.07) is 10.4. The van der Waals surface area contributed by atoms with Crippen LogP contribution in [0.4, 0.5) is 4.79 Å². The van der Waals surface area contributed by atoms with Crippen LogP contribution in [0.2, 0.25) is 0 Å². The van der Waals surface area contributed by atoms with E-state index in [9.17, 15) is 4.79 Å². The van der Waals surface area contributed by atoms with Crippen molar-refractivity contribution in [2.75, 3.05) is 19.6 Å². The van der Waals surface area contributed by atoms with Crippen LogP contribution in [0.25, 0.3) is 0 Å². The quantitative estimate of drug-likeness (QED) is 0.848. The van der Waals surface area contributed by atoms with Crippen LogP contribution in [-0.4, -0.2) is 46.4 Å². The molecule has 2 amide bonds. The minimum absolute atomic E-state index is 0.0340. The lowest BCUT2D eigenvalue weighted by molar-refractivity contribution is 0.227. The van der Waals surface area contributed by atoms with Crippen LogP contribution in [0, 0.1) is 0 Å². The van der Waals surface area contributed by atoms with Crippen LogP contribution in [0.3, 0.4) is 0 Å². The van der Waals surface area contributed by atoms with E-state index in [1.165, 1.54) is 11.1 Å². The Bertz CT molecular complexity index is 655. The number of carbonyl (C=O) groups excluding carboxylic acids is 1. The summed E-state index contributed by atoms with van der Waals surface area (Å²) >= 11 is 0. The highest BCUT2D eigenvalue weighted by Crippen LogP contribution is 2.17. The smallest absolute Gasteiger partial charge is 0.315 e. The molecule has 3 rings (SSSR count). The van der Waals surface area contributed by atoms with Crippen LogP contribution in [0.1, 0.15) is 18.1 Å². The Morgan fingerprint density at radius 1 is 1.29 bits per heavy atom. The molecule has 0 radical (unpaired) electrons. The van der Waals surface area contributed by atoms with Crippen LogP contribution in [0.5, 0.6) is 0 Å². The molecule has 0 fully saturated rings. The lowest BCUT2D eigenvalue weighted by atomic mass is 10.00. The fraction of sp³-hybridized carbons (Fsp3) is 0.444. The van der Waals surface area contributed by atoms with Gasteiger partial charge in [0.2, 0.25) is 0 Å². The first-order valence-electron chi connectivity index (χ1n) is 8.51. The highest BCUT2D eigenvalue weighted by molar-refractivity contribution is 5.74. The summed E-state index contributed by atoms with van der Waals surface area (Å²) < 4.78 is 1.82. The first-order valence-corrected chi connectivity index (χ1v) is 8.51. The Morgan fingerprint density at radius 2 is 2.12 bits per heavy atom. The summed E-state index contributed by atoms with van der Waals surface area (Å²) in [5.41, 5.74) is 2.85. The van der Waals surface area contributed by atoms with E-state index in [0.717, 1.165) is 26.1 Å². The molecule has 0 unspecified atom stereocenters. The summed E-state index contributed by atoms with van der Waals surface area (Å²) in [7, 11) is 0. The molecule has 2 heterocycles.